The van der Waals surface area contributed by atoms with E-state index >= 15 is 0 Å². The van der Waals surface area contributed by atoms with Gasteiger partial charge in [-0.2, -0.15) is 0 Å². The summed E-state index contributed by atoms with van der Waals surface area (Å²) in [5.41, 5.74) is 3.16. The first kappa shape index (κ1) is 10.6. The van der Waals surface area contributed by atoms with Gasteiger partial charge in [-0.25, -0.2) is 4.98 Å². The molecule has 0 aromatic carbocycles. The number of aromatic nitrogens is 3. The summed E-state index contributed by atoms with van der Waals surface area (Å²) in [6.45, 7) is 1.99. The van der Waals surface area contributed by atoms with Crippen LogP contribution in [-0.2, 0) is 0 Å². The number of H-pyrrole nitrogens is 1. The molecule has 0 amide bonds. The van der Waals surface area contributed by atoms with E-state index in [9.17, 15) is 0 Å². The van der Waals surface area contributed by atoms with Gasteiger partial charge >= 0.3 is 0 Å². The summed E-state index contributed by atoms with van der Waals surface area (Å²) < 4.78 is 0.662. The normalized spacial score (nSPS) is 14.9. The standard InChI is InChI=1S/C13H13N3S/c1-8-6-10(4-5-14-8)11-7-12(17)16-13(15-11)9-2-3-9/h4-7,9H,2-3H2,1H3,(H,15,16,17). The van der Waals surface area contributed by atoms with E-state index in [4.69, 9.17) is 12.2 Å². The van der Waals surface area contributed by atoms with E-state index in [1.165, 1.54) is 12.8 Å². The number of hydrogen-bond acceptors (Lipinski definition) is 3. The molecule has 0 spiro atoms. The number of rotatable bonds is 2. The van der Waals surface area contributed by atoms with Crippen LogP contribution < -0.4 is 0 Å². The van der Waals surface area contributed by atoms with Crippen molar-refractivity contribution in [3.63, 3.8) is 0 Å². The fourth-order valence-corrected chi connectivity index (χ4v) is 2.11. The van der Waals surface area contributed by atoms with E-state index in [1.807, 2.05) is 25.3 Å². The SMILES string of the molecule is Cc1cc(-c2cc(=S)nc(C3CC3)[nH]2)ccn1. The van der Waals surface area contributed by atoms with Crippen molar-refractivity contribution in [2.24, 2.45) is 0 Å². The van der Waals surface area contributed by atoms with Crippen LogP contribution in [0.25, 0.3) is 11.3 Å². The Kier molecular flexibility index (Phi) is 2.52. The van der Waals surface area contributed by atoms with Gasteiger partial charge in [0, 0.05) is 29.1 Å². The van der Waals surface area contributed by atoms with Crippen LogP contribution in [0.1, 0.15) is 30.3 Å². The molecule has 1 aliphatic carbocycles. The first-order chi connectivity index (χ1) is 8.22. The van der Waals surface area contributed by atoms with E-state index in [-0.39, 0.29) is 0 Å². The molecule has 0 saturated heterocycles. The molecule has 17 heavy (non-hydrogen) atoms. The Balaban J connectivity index is 2.10. The van der Waals surface area contributed by atoms with Gasteiger partial charge in [0.05, 0.1) is 0 Å². The molecule has 3 rings (SSSR count). The lowest BCUT2D eigenvalue weighted by molar-refractivity contribution is 0.923. The summed E-state index contributed by atoms with van der Waals surface area (Å²) in [4.78, 5) is 12.0. The molecule has 86 valence electrons. The van der Waals surface area contributed by atoms with Crippen molar-refractivity contribution in [2.75, 3.05) is 0 Å². The van der Waals surface area contributed by atoms with Gasteiger partial charge in [0.15, 0.2) is 0 Å². The van der Waals surface area contributed by atoms with Crippen LogP contribution in [-0.4, -0.2) is 15.0 Å². The summed E-state index contributed by atoms with van der Waals surface area (Å²) >= 11 is 5.22. The second-order valence-electron chi connectivity index (χ2n) is 4.48. The molecule has 1 fully saturated rings. The number of nitrogens with one attached hydrogen (secondary N) is 1. The van der Waals surface area contributed by atoms with Crippen molar-refractivity contribution < 1.29 is 0 Å². The van der Waals surface area contributed by atoms with Crippen LogP contribution >= 0.6 is 12.2 Å². The molecule has 2 heterocycles. The number of pyridine rings is 1. The van der Waals surface area contributed by atoms with Crippen LogP contribution in [0.3, 0.4) is 0 Å². The van der Waals surface area contributed by atoms with Crippen molar-refractivity contribution >= 4 is 12.2 Å². The lowest BCUT2D eigenvalue weighted by atomic mass is 10.1. The number of aromatic amines is 1. The molecule has 0 unspecified atom stereocenters. The Morgan fingerprint density at radius 2 is 2.18 bits per heavy atom. The summed E-state index contributed by atoms with van der Waals surface area (Å²) in [6.07, 6.45) is 4.26. The minimum Gasteiger partial charge on any atom is -0.343 e. The topological polar surface area (TPSA) is 41.6 Å². The van der Waals surface area contributed by atoms with E-state index in [0.717, 1.165) is 22.8 Å². The van der Waals surface area contributed by atoms with Gasteiger partial charge in [-0.05, 0) is 38.0 Å². The lowest BCUT2D eigenvalue weighted by Gasteiger charge is -2.05. The fraction of sp³-hybridized carbons (Fsp3) is 0.308. The van der Waals surface area contributed by atoms with E-state index in [1.54, 1.807) is 0 Å². The van der Waals surface area contributed by atoms with Gasteiger partial charge in [0.25, 0.3) is 0 Å². The van der Waals surface area contributed by atoms with Crippen molar-refractivity contribution in [3.8, 4) is 11.3 Å². The third-order valence-electron chi connectivity index (χ3n) is 2.93. The molecular formula is C13H13N3S. The number of hydrogen-bond donors (Lipinski definition) is 1. The molecule has 2 aromatic rings. The Hall–Kier alpha value is -1.55. The highest BCUT2D eigenvalue weighted by Crippen LogP contribution is 2.38. The van der Waals surface area contributed by atoms with Crippen molar-refractivity contribution in [2.45, 2.75) is 25.7 Å². The molecular weight excluding hydrogens is 230 g/mol. The molecule has 0 bridgehead atoms. The van der Waals surface area contributed by atoms with Crippen molar-refractivity contribution in [1.82, 2.24) is 15.0 Å². The largest absolute Gasteiger partial charge is 0.343 e. The average molecular weight is 243 g/mol. The zero-order chi connectivity index (χ0) is 11.8. The van der Waals surface area contributed by atoms with Crippen molar-refractivity contribution in [1.29, 1.82) is 0 Å². The Bertz CT molecular complexity index is 614. The second kappa shape index (κ2) is 4.04. The number of nitrogens with zero attached hydrogens (tertiary/aromatic N) is 2. The highest BCUT2D eigenvalue weighted by Gasteiger charge is 2.26. The molecule has 1 aliphatic rings. The smallest absolute Gasteiger partial charge is 0.130 e. The van der Waals surface area contributed by atoms with Crippen LogP contribution in [0, 0.1) is 11.6 Å². The monoisotopic (exact) mass is 243 g/mol. The van der Waals surface area contributed by atoms with Gasteiger partial charge in [0.2, 0.25) is 0 Å². The Morgan fingerprint density at radius 3 is 2.88 bits per heavy atom. The van der Waals surface area contributed by atoms with Gasteiger partial charge in [0.1, 0.15) is 10.5 Å². The fourth-order valence-electron chi connectivity index (χ4n) is 1.90. The highest BCUT2D eigenvalue weighted by molar-refractivity contribution is 7.71. The minimum absolute atomic E-state index is 0.583. The highest BCUT2D eigenvalue weighted by atomic mass is 32.1. The Labute approximate surface area is 105 Å². The first-order valence-corrected chi connectivity index (χ1v) is 6.17. The Morgan fingerprint density at radius 1 is 1.35 bits per heavy atom. The maximum atomic E-state index is 5.22. The molecule has 3 nitrogen and oxygen atoms in total. The molecule has 1 N–H and O–H groups in total. The first-order valence-electron chi connectivity index (χ1n) is 5.77. The summed E-state index contributed by atoms with van der Waals surface area (Å²) in [6, 6.07) is 5.96. The van der Waals surface area contributed by atoms with E-state index in [0.29, 0.717) is 10.6 Å². The van der Waals surface area contributed by atoms with Gasteiger partial charge < -0.3 is 4.98 Å². The number of aryl methyl sites for hydroxylation is 1. The zero-order valence-electron chi connectivity index (χ0n) is 9.60. The molecule has 0 aliphatic heterocycles. The van der Waals surface area contributed by atoms with Crippen LogP contribution in [0.4, 0.5) is 0 Å². The predicted molar refractivity (Wildman–Crippen MR) is 69.4 cm³/mol. The van der Waals surface area contributed by atoms with Crippen LogP contribution in [0.2, 0.25) is 0 Å². The molecule has 1 saturated carbocycles. The van der Waals surface area contributed by atoms with E-state index in [2.05, 4.69) is 21.0 Å². The maximum absolute atomic E-state index is 5.22. The zero-order valence-corrected chi connectivity index (χ0v) is 10.4. The van der Waals surface area contributed by atoms with Crippen LogP contribution in [0.5, 0.6) is 0 Å². The second-order valence-corrected chi connectivity index (χ2v) is 4.90. The summed E-state index contributed by atoms with van der Waals surface area (Å²) in [5.74, 6) is 1.61. The summed E-state index contributed by atoms with van der Waals surface area (Å²) in [5, 5.41) is 0. The molecule has 4 heteroatoms. The average Bonchev–Trinajstić information content (AvgIpc) is 3.12. The third kappa shape index (κ3) is 2.26. The van der Waals surface area contributed by atoms with Crippen LogP contribution in [0.15, 0.2) is 24.4 Å². The minimum atomic E-state index is 0.583. The maximum Gasteiger partial charge on any atom is 0.130 e. The molecule has 0 atom stereocenters. The van der Waals surface area contributed by atoms with Gasteiger partial charge in [-0.3, -0.25) is 4.98 Å². The lowest BCUT2D eigenvalue weighted by Crippen LogP contribution is -1.95. The van der Waals surface area contributed by atoms with E-state index < -0.39 is 0 Å². The van der Waals surface area contributed by atoms with Gasteiger partial charge in [-0.1, -0.05) is 12.2 Å². The molecule has 0 radical (unpaired) electrons. The molecule has 2 aromatic heterocycles. The quantitative estimate of drug-likeness (QED) is 0.822. The summed E-state index contributed by atoms with van der Waals surface area (Å²) in [7, 11) is 0. The van der Waals surface area contributed by atoms with Crippen molar-refractivity contribution in [3.05, 3.63) is 40.6 Å². The predicted octanol–water partition coefficient (Wildman–Crippen LogP) is 3.39. The third-order valence-corrected chi connectivity index (χ3v) is 3.14. The van der Waals surface area contributed by atoms with Gasteiger partial charge in [-0.15, -0.1) is 0 Å².